The van der Waals surface area contributed by atoms with Gasteiger partial charge in [-0.2, -0.15) is 11.3 Å². The summed E-state index contributed by atoms with van der Waals surface area (Å²) in [4.78, 5) is 0. The van der Waals surface area contributed by atoms with E-state index in [2.05, 4.69) is 70.1 Å². The third-order valence-electron chi connectivity index (χ3n) is 3.07. The quantitative estimate of drug-likeness (QED) is 0.840. The summed E-state index contributed by atoms with van der Waals surface area (Å²) < 4.78 is 1.23. The first-order valence-corrected chi connectivity index (χ1v) is 7.95. The Morgan fingerprint density at radius 3 is 2.83 bits per heavy atom. The SMILES string of the molecule is CCNC(Cc1ccsc1)c1cccc(C)c1Br. The van der Waals surface area contributed by atoms with Crippen molar-refractivity contribution in [2.24, 2.45) is 0 Å². The van der Waals surface area contributed by atoms with Gasteiger partial charge in [-0.25, -0.2) is 0 Å². The molecular formula is C15H18BrNS. The van der Waals surface area contributed by atoms with Gasteiger partial charge in [0.15, 0.2) is 0 Å². The lowest BCUT2D eigenvalue weighted by Crippen LogP contribution is -2.23. The molecule has 1 unspecified atom stereocenters. The smallest absolute Gasteiger partial charge is 0.0372 e. The highest BCUT2D eigenvalue weighted by molar-refractivity contribution is 9.10. The number of halogens is 1. The van der Waals surface area contributed by atoms with Crippen LogP contribution in [0.2, 0.25) is 0 Å². The average molecular weight is 324 g/mol. The van der Waals surface area contributed by atoms with Gasteiger partial charge in [0.25, 0.3) is 0 Å². The van der Waals surface area contributed by atoms with Crippen LogP contribution in [0.25, 0.3) is 0 Å². The number of benzene rings is 1. The Hall–Kier alpha value is -0.640. The van der Waals surface area contributed by atoms with Crippen LogP contribution in [-0.2, 0) is 6.42 Å². The third kappa shape index (κ3) is 3.22. The number of thiophene rings is 1. The second-order valence-electron chi connectivity index (χ2n) is 4.42. The number of hydrogen-bond donors (Lipinski definition) is 1. The van der Waals surface area contributed by atoms with Gasteiger partial charge in [-0.1, -0.05) is 41.1 Å². The standard InChI is InChI=1S/C15H18BrNS/c1-3-17-14(9-12-7-8-18-10-12)13-6-4-5-11(2)15(13)16/h4-8,10,14,17H,3,9H2,1-2H3. The van der Waals surface area contributed by atoms with E-state index in [1.165, 1.54) is 21.2 Å². The first-order valence-electron chi connectivity index (χ1n) is 6.21. The van der Waals surface area contributed by atoms with Crippen molar-refractivity contribution >= 4 is 27.3 Å². The molecule has 2 rings (SSSR count). The Balaban J connectivity index is 2.26. The third-order valence-corrected chi connectivity index (χ3v) is 4.88. The Morgan fingerprint density at radius 2 is 2.17 bits per heavy atom. The molecule has 3 heteroatoms. The summed E-state index contributed by atoms with van der Waals surface area (Å²) in [7, 11) is 0. The number of rotatable bonds is 5. The molecule has 0 radical (unpaired) electrons. The predicted octanol–water partition coefficient (Wildman–Crippen LogP) is 4.71. The molecule has 18 heavy (non-hydrogen) atoms. The topological polar surface area (TPSA) is 12.0 Å². The Morgan fingerprint density at radius 1 is 1.33 bits per heavy atom. The molecule has 0 spiro atoms. The van der Waals surface area contributed by atoms with Gasteiger partial charge in [-0.05, 0) is 53.4 Å². The lowest BCUT2D eigenvalue weighted by Gasteiger charge is -2.20. The monoisotopic (exact) mass is 323 g/mol. The zero-order valence-electron chi connectivity index (χ0n) is 10.7. The molecule has 1 N–H and O–H groups in total. The van der Waals surface area contributed by atoms with Gasteiger partial charge in [0.05, 0.1) is 0 Å². The summed E-state index contributed by atoms with van der Waals surface area (Å²) in [6, 6.07) is 9.06. The molecule has 0 aliphatic heterocycles. The van der Waals surface area contributed by atoms with Gasteiger partial charge in [0, 0.05) is 10.5 Å². The van der Waals surface area contributed by atoms with E-state index in [0.717, 1.165) is 13.0 Å². The van der Waals surface area contributed by atoms with Gasteiger partial charge in [0.2, 0.25) is 0 Å². The molecule has 96 valence electrons. The number of nitrogens with one attached hydrogen (secondary N) is 1. The van der Waals surface area contributed by atoms with Crippen molar-refractivity contribution in [1.29, 1.82) is 0 Å². The van der Waals surface area contributed by atoms with Crippen molar-refractivity contribution < 1.29 is 0 Å². The second kappa shape index (κ2) is 6.50. The molecule has 1 aromatic carbocycles. The molecule has 0 fully saturated rings. The molecular weight excluding hydrogens is 306 g/mol. The lowest BCUT2D eigenvalue weighted by atomic mass is 9.99. The Kier molecular flexibility index (Phi) is 4.98. The summed E-state index contributed by atoms with van der Waals surface area (Å²) in [5.74, 6) is 0. The van der Waals surface area contributed by atoms with Crippen LogP contribution in [-0.4, -0.2) is 6.54 Å². The molecule has 2 aromatic rings. The Bertz CT molecular complexity index is 493. The summed E-state index contributed by atoms with van der Waals surface area (Å²) >= 11 is 5.48. The van der Waals surface area contributed by atoms with Crippen molar-refractivity contribution in [3.63, 3.8) is 0 Å². The van der Waals surface area contributed by atoms with E-state index in [0.29, 0.717) is 6.04 Å². The van der Waals surface area contributed by atoms with Gasteiger partial charge in [-0.3, -0.25) is 0 Å². The van der Waals surface area contributed by atoms with Crippen LogP contribution in [0.15, 0.2) is 39.5 Å². The Labute approximate surface area is 121 Å². The van der Waals surface area contributed by atoms with E-state index in [1.807, 2.05) is 0 Å². The molecule has 1 aromatic heterocycles. The summed E-state index contributed by atoms with van der Waals surface area (Å²) in [5.41, 5.74) is 4.04. The van der Waals surface area contributed by atoms with Gasteiger partial charge in [0.1, 0.15) is 0 Å². The second-order valence-corrected chi connectivity index (χ2v) is 6.00. The van der Waals surface area contributed by atoms with Crippen LogP contribution in [0.1, 0.15) is 29.7 Å². The van der Waals surface area contributed by atoms with Crippen molar-refractivity contribution in [1.82, 2.24) is 5.32 Å². The summed E-state index contributed by atoms with van der Waals surface area (Å²) in [6.45, 7) is 5.28. The van der Waals surface area contributed by atoms with Crippen LogP contribution >= 0.6 is 27.3 Å². The first-order chi connectivity index (χ1) is 8.72. The van der Waals surface area contributed by atoms with Crippen LogP contribution in [0.5, 0.6) is 0 Å². The normalized spacial score (nSPS) is 12.6. The largest absolute Gasteiger partial charge is 0.310 e. The number of hydrogen-bond acceptors (Lipinski definition) is 2. The van der Waals surface area contributed by atoms with Crippen LogP contribution in [0.4, 0.5) is 0 Å². The fourth-order valence-electron chi connectivity index (χ4n) is 2.12. The number of likely N-dealkylation sites (N-methyl/N-ethyl adjacent to an activating group) is 1. The summed E-state index contributed by atoms with van der Waals surface area (Å²) in [5, 5.41) is 7.95. The average Bonchev–Trinajstić information content (AvgIpc) is 2.85. The molecule has 1 atom stereocenters. The maximum absolute atomic E-state index is 3.72. The first kappa shape index (κ1) is 13.8. The minimum absolute atomic E-state index is 0.374. The highest BCUT2D eigenvalue weighted by Crippen LogP contribution is 2.29. The van der Waals surface area contributed by atoms with Gasteiger partial charge in [-0.15, -0.1) is 0 Å². The molecule has 0 saturated carbocycles. The van der Waals surface area contributed by atoms with E-state index in [1.54, 1.807) is 11.3 Å². The van der Waals surface area contributed by atoms with Crippen molar-refractivity contribution in [3.8, 4) is 0 Å². The van der Waals surface area contributed by atoms with Crippen LogP contribution in [0, 0.1) is 6.92 Å². The van der Waals surface area contributed by atoms with Crippen LogP contribution in [0.3, 0.4) is 0 Å². The maximum Gasteiger partial charge on any atom is 0.0372 e. The van der Waals surface area contributed by atoms with Crippen LogP contribution < -0.4 is 5.32 Å². The highest BCUT2D eigenvalue weighted by atomic mass is 79.9. The van der Waals surface area contributed by atoms with Crippen molar-refractivity contribution in [2.75, 3.05) is 6.54 Å². The van der Waals surface area contributed by atoms with Gasteiger partial charge < -0.3 is 5.32 Å². The highest BCUT2D eigenvalue weighted by Gasteiger charge is 2.15. The van der Waals surface area contributed by atoms with E-state index >= 15 is 0 Å². The van der Waals surface area contributed by atoms with Crippen molar-refractivity contribution in [2.45, 2.75) is 26.3 Å². The fraction of sp³-hybridized carbons (Fsp3) is 0.333. The van der Waals surface area contributed by atoms with E-state index in [4.69, 9.17) is 0 Å². The lowest BCUT2D eigenvalue weighted by molar-refractivity contribution is 0.548. The molecule has 1 nitrogen and oxygen atoms in total. The predicted molar refractivity (Wildman–Crippen MR) is 83.3 cm³/mol. The molecule has 0 aliphatic carbocycles. The van der Waals surface area contributed by atoms with E-state index in [-0.39, 0.29) is 0 Å². The molecule has 0 bridgehead atoms. The van der Waals surface area contributed by atoms with E-state index in [9.17, 15) is 0 Å². The molecule has 1 heterocycles. The zero-order valence-corrected chi connectivity index (χ0v) is 13.1. The van der Waals surface area contributed by atoms with Crippen molar-refractivity contribution in [3.05, 3.63) is 56.2 Å². The number of aryl methyl sites for hydroxylation is 1. The van der Waals surface area contributed by atoms with E-state index < -0.39 is 0 Å². The maximum atomic E-state index is 3.72. The zero-order chi connectivity index (χ0) is 13.0. The minimum atomic E-state index is 0.374. The summed E-state index contributed by atoms with van der Waals surface area (Å²) in [6.07, 6.45) is 1.04. The minimum Gasteiger partial charge on any atom is -0.310 e. The fourth-order valence-corrected chi connectivity index (χ4v) is 3.34. The molecule has 0 saturated heterocycles. The molecule has 0 aliphatic rings. The van der Waals surface area contributed by atoms with Gasteiger partial charge >= 0.3 is 0 Å². The molecule has 0 amide bonds.